The topological polar surface area (TPSA) is 164 Å². The van der Waals surface area contributed by atoms with E-state index in [9.17, 15) is 19.3 Å². The monoisotopic (exact) mass is 528 g/mol. The molecule has 1 aliphatic heterocycles. The van der Waals surface area contributed by atoms with Crippen molar-refractivity contribution in [3.8, 4) is 5.75 Å². The van der Waals surface area contributed by atoms with Crippen molar-refractivity contribution in [2.75, 3.05) is 12.3 Å². The van der Waals surface area contributed by atoms with Crippen molar-refractivity contribution in [1.29, 1.82) is 0 Å². The van der Waals surface area contributed by atoms with Gasteiger partial charge >= 0.3 is 19.4 Å². The lowest BCUT2D eigenvalue weighted by Crippen LogP contribution is -2.44. The Morgan fingerprint density at radius 2 is 2.00 bits per heavy atom. The summed E-state index contributed by atoms with van der Waals surface area (Å²) in [7, 11) is -4.31. The van der Waals surface area contributed by atoms with Crippen LogP contribution in [0.25, 0.3) is 0 Å². The highest BCUT2D eigenvalue weighted by molar-refractivity contribution is 7.52. The molecule has 0 saturated carbocycles. The minimum Gasteiger partial charge on any atom is -0.462 e. The van der Waals surface area contributed by atoms with Crippen LogP contribution in [0.4, 0.5) is 10.2 Å². The van der Waals surface area contributed by atoms with Crippen LogP contribution in [-0.4, -0.2) is 57.3 Å². The van der Waals surface area contributed by atoms with Gasteiger partial charge in [-0.2, -0.15) is 10.1 Å². The van der Waals surface area contributed by atoms with Crippen LogP contribution in [-0.2, 0) is 23.4 Å². The van der Waals surface area contributed by atoms with E-state index in [2.05, 4.69) is 10.1 Å². The number of nitrogen functional groups attached to an aromatic ring is 1. The van der Waals surface area contributed by atoms with Crippen LogP contribution in [0.3, 0.4) is 0 Å². The van der Waals surface area contributed by atoms with E-state index in [0.717, 1.165) is 4.57 Å². The predicted molar refractivity (Wildman–Crippen MR) is 127 cm³/mol. The van der Waals surface area contributed by atoms with Crippen LogP contribution in [0, 0.1) is 0 Å². The number of benzene rings is 1. The van der Waals surface area contributed by atoms with Crippen molar-refractivity contribution in [3.05, 3.63) is 53.1 Å². The summed E-state index contributed by atoms with van der Waals surface area (Å²) in [6.45, 7) is 5.42. The Morgan fingerprint density at radius 1 is 1.33 bits per heavy atom. The molecule has 6 atom stereocenters. The highest BCUT2D eigenvalue weighted by Crippen LogP contribution is 2.48. The second-order valence-corrected chi connectivity index (χ2v) is 10.5. The third-order valence-electron chi connectivity index (χ3n) is 5.26. The SMILES string of the molecule is CC(C)OC(=O)C(C)NP(=O)(OCC1(C)OC(n2ccc(N)nc2=O)C(F)C1O)Oc1ccccc1. The zero-order chi connectivity index (χ0) is 26.7. The molecule has 2 aromatic rings. The molecule has 1 aliphatic rings. The minimum atomic E-state index is -4.31. The van der Waals surface area contributed by atoms with Gasteiger partial charge < -0.3 is 24.8 Å². The average Bonchev–Trinajstić information content (AvgIpc) is 3.02. The number of halogens is 1. The lowest BCUT2D eigenvalue weighted by molar-refractivity contribution is -0.149. The number of aliphatic hydroxyl groups is 1. The largest absolute Gasteiger partial charge is 0.462 e. The molecule has 198 valence electrons. The number of hydrogen-bond donors (Lipinski definition) is 3. The number of hydrogen-bond acceptors (Lipinski definition) is 10. The Bertz CT molecular complexity index is 1170. The van der Waals surface area contributed by atoms with Gasteiger partial charge in [0.05, 0.1) is 12.7 Å². The molecule has 14 heteroatoms. The molecule has 0 radical (unpaired) electrons. The van der Waals surface area contributed by atoms with E-state index >= 15 is 4.39 Å². The molecule has 1 aromatic heterocycles. The second-order valence-electron chi connectivity index (χ2n) is 8.76. The maximum Gasteiger partial charge on any atom is 0.459 e. The number of alkyl halides is 1. The van der Waals surface area contributed by atoms with E-state index in [1.165, 1.54) is 38.2 Å². The summed E-state index contributed by atoms with van der Waals surface area (Å²) >= 11 is 0. The van der Waals surface area contributed by atoms with Gasteiger partial charge in [-0.05, 0) is 45.9 Å². The molecular weight excluding hydrogens is 498 g/mol. The van der Waals surface area contributed by atoms with Crippen molar-refractivity contribution in [3.63, 3.8) is 0 Å². The number of rotatable bonds is 10. The summed E-state index contributed by atoms with van der Waals surface area (Å²) in [4.78, 5) is 28.0. The third kappa shape index (κ3) is 6.48. The van der Waals surface area contributed by atoms with Gasteiger partial charge in [0.25, 0.3) is 0 Å². The lowest BCUT2D eigenvalue weighted by atomic mass is 9.99. The number of carbonyl (C=O) groups excluding carboxylic acids is 1. The number of anilines is 1. The molecule has 2 heterocycles. The number of nitrogens with one attached hydrogen (secondary N) is 1. The Balaban J connectivity index is 1.81. The van der Waals surface area contributed by atoms with Crippen LogP contribution in [0.2, 0.25) is 0 Å². The predicted octanol–water partition coefficient (Wildman–Crippen LogP) is 1.95. The fourth-order valence-electron chi connectivity index (χ4n) is 3.40. The highest BCUT2D eigenvalue weighted by atomic mass is 31.2. The summed E-state index contributed by atoms with van der Waals surface area (Å²) in [6, 6.07) is 8.20. The lowest BCUT2D eigenvalue weighted by Gasteiger charge is -2.30. The van der Waals surface area contributed by atoms with Crippen molar-refractivity contribution in [1.82, 2.24) is 14.6 Å². The van der Waals surface area contributed by atoms with Gasteiger partial charge in [-0.3, -0.25) is 13.9 Å². The summed E-state index contributed by atoms with van der Waals surface area (Å²) < 4.78 is 51.4. The summed E-state index contributed by atoms with van der Waals surface area (Å²) in [6.07, 6.45) is -4.60. The second kappa shape index (κ2) is 11.1. The van der Waals surface area contributed by atoms with Gasteiger partial charge in [0.1, 0.15) is 29.3 Å². The molecule has 36 heavy (non-hydrogen) atoms. The quantitative estimate of drug-likeness (QED) is 0.305. The molecule has 1 fully saturated rings. The van der Waals surface area contributed by atoms with Gasteiger partial charge in [-0.1, -0.05) is 18.2 Å². The number of nitrogens with two attached hydrogens (primary N) is 1. The molecule has 1 saturated heterocycles. The molecule has 12 nitrogen and oxygen atoms in total. The van der Waals surface area contributed by atoms with Crippen molar-refractivity contribution in [2.45, 2.75) is 63.9 Å². The first-order chi connectivity index (χ1) is 16.8. The van der Waals surface area contributed by atoms with Crippen LogP contribution in [0.15, 0.2) is 47.4 Å². The van der Waals surface area contributed by atoms with E-state index in [4.69, 9.17) is 24.3 Å². The van der Waals surface area contributed by atoms with E-state index in [-0.39, 0.29) is 11.6 Å². The molecule has 1 aromatic carbocycles. The first-order valence-corrected chi connectivity index (χ1v) is 12.7. The van der Waals surface area contributed by atoms with Gasteiger partial charge in [0.15, 0.2) is 12.4 Å². The van der Waals surface area contributed by atoms with Crippen molar-refractivity contribution >= 4 is 19.5 Å². The molecule has 0 aliphatic carbocycles. The van der Waals surface area contributed by atoms with E-state index in [1.54, 1.807) is 32.0 Å². The fourth-order valence-corrected chi connectivity index (χ4v) is 4.99. The molecule has 6 unspecified atom stereocenters. The molecule has 0 amide bonds. The zero-order valence-electron chi connectivity index (χ0n) is 20.2. The van der Waals surface area contributed by atoms with Crippen LogP contribution >= 0.6 is 7.75 Å². The maximum atomic E-state index is 15.0. The number of esters is 1. The normalized spacial score (nSPS) is 26.4. The van der Waals surface area contributed by atoms with E-state index in [0.29, 0.717) is 0 Å². The summed E-state index contributed by atoms with van der Waals surface area (Å²) in [5.41, 5.74) is 2.84. The van der Waals surface area contributed by atoms with Crippen molar-refractivity contribution in [2.24, 2.45) is 0 Å². The molecule has 3 rings (SSSR count). The summed E-state index contributed by atoms with van der Waals surface area (Å²) in [5, 5.41) is 13.1. The molecule has 4 N–H and O–H groups in total. The number of carbonyl (C=O) groups is 1. The molecular formula is C22H30FN4O8P. The number of para-hydroxylation sites is 1. The van der Waals surface area contributed by atoms with E-state index < -0.39 is 62.3 Å². The fraction of sp³-hybridized carbons (Fsp3) is 0.500. The molecule has 0 spiro atoms. The smallest absolute Gasteiger partial charge is 0.459 e. The Labute approximate surface area is 207 Å². The summed E-state index contributed by atoms with van der Waals surface area (Å²) in [5.74, 6) is -0.601. The number of ether oxygens (including phenoxy) is 2. The number of aliphatic hydroxyl groups excluding tert-OH is 1. The number of aromatic nitrogens is 2. The zero-order valence-corrected chi connectivity index (χ0v) is 21.1. The third-order valence-corrected chi connectivity index (χ3v) is 6.89. The Hall–Kier alpha value is -2.83. The number of nitrogens with zero attached hydrogens (tertiary/aromatic N) is 2. The van der Waals surface area contributed by atoms with Gasteiger partial charge in [-0.25, -0.2) is 13.8 Å². The highest BCUT2D eigenvalue weighted by Gasteiger charge is 2.54. The van der Waals surface area contributed by atoms with Crippen molar-refractivity contribution < 1.29 is 37.4 Å². The minimum absolute atomic E-state index is 0.0634. The van der Waals surface area contributed by atoms with Crippen LogP contribution in [0.1, 0.15) is 33.9 Å². The van der Waals surface area contributed by atoms with Gasteiger partial charge in [0, 0.05) is 6.20 Å². The van der Waals surface area contributed by atoms with Crippen LogP contribution < -0.4 is 21.0 Å². The van der Waals surface area contributed by atoms with E-state index in [1.807, 2.05) is 0 Å². The first-order valence-electron chi connectivity index (χ1n) is 11.2. The van der Waals surface area contributed by atoms with Gasteiger partial charge in [-0.15, -0.1) is 0 Å². The Kier molecular flexibility index (Phi) is 8.52. The maximum absolute atomic E-state index is 15.0. The Morgan fingerprint density at radius 3 is 2.61 bits per heavy atom. The molecule has 0 bridgehead atoms. The standard InChI is InChI=1S/C22H30FN4O8P/c1-13(2)33-20(29)14(3)26-36(31,35-15-8-6-5-7-9-15)32-12-22(4)18(28)17(23)19(34-22)27-11-10-16(24)25-21(27)30/h5-11,13-14,17-19,28H,12H2,1-4H3,(H,26,31)(H2,24,25,30). The first kappa shape index (κ1) is 27.8. The van der Waals surface area contributed by atoms with Crippen LogP contribution in [0.5, 0.6) is 5.75 Å². The average molecular weight is 528 g/mol. The van der Waals surface area contributed by atoms with Gasteiger partial charge in [0.2, 0.25) is 0 Å².